The van der Waals surface area contributed by atoms with Crippen molar-refractivity contribution in [1.29, 1.82) is 0 Å². The number of amides is 1. The highest BCUT2D eigenvalue weighted by Crippen LogP contribution is 2.22. The molecule has 0 atom stereocenters. The standard InChI is InChI=1S/C22H21BrN2O3/c1-2-11-27-21-10-8-19(23)12-18(21)14-24-25-22(26)15-28-20-9-7-16-5-3-4-6-17(16)13-20/h3-10,12-14H,2,11,15H2,1H3,(H,25,26)/b24-14+. The van der Waals surface area contributed by atoms with Gasteiger partial charge in [0.1, 0.15) is 11.5 Å². The lowest BCUT2D eigenvalue weighted by Crippen LogP contribution is -2.24. The van der Waals surface area contributed by atoms with Gasteiger partial charge in [-0.2, -0.15) is 5.10 Å². The normalized spacial score (nSPS) is 10.9. The van der Waals surface area contributed by atoms with Gasteiger partial charge in [-0.3, -0.25) is 4.79 Å². The first-order chi connectivity index (χ1) is 13.7. The molecular formula is C22H21BrN2O3. The van der Waals surface area contributed by atoms with E-state index in [2.05, 4.69) is 26.5 Å². The Balaban J connectivity index is 1.55. The lowest BCUT2D eigenvalue weighted by molar-refractivity contribution is -0.123. The number of carbonyl (C=O) groups is 1. The van der Waals surface area contributed by atoms with Gasteiger partial charge in [0.2, 0.25) is 0 Å². The maximum atomic E-state index is 12.0. The Morgan fingerprint density at radius 1 is 1.07 bits per heavy atom. The van der Waals surface area contributed by atoms with Crippen molar-refractivity contribution in [1.82, 2.24) is 5.43 Å². The molecule has 3 rings (SSSR count). The SMILES string of the molecule is CCCOc1ccc(Br)cc1/C=N/NC(=O)COc1ccc2ccccc2c1. The summed E-state index contributed by atoms with van der Waals surface area (Å²) in [6.07, 6.45) is 2.47. The van der Waals surface area contributed by atoms with Crippen LogP contribution in [-0.4, -0.2) is 25.3 Å². The zero-order chi connectivity index (χ0) is 19.8. The molecule has 0 bridgehead atoms. The Hall–Kier alpha value is -2.86. The summed E-state index contributed by atoms with van der Waals surface area (Å²) in [5.74, 6) is 1.02. The monoisotopic (exact) mass is 440 g/mol. The number of ether oxygens (including phenoxy) is 2. The summed E-state index contributed by atoms with van der Waals surface area (Å²) in [6.45, 7) is 2.55. The Morgan fingerprint density at radius 3 is 2.71 bits per heavy atom. The quantitative estimate of drug-likeness (QED) is 0.399. The Kier molecular flexibility index (Phi) is 7.03. The minimum Gasteiger partial charge on any atom is -0.493 e. The van der Waals surface area contributed by atoms with Crippen LogP contribution in [0.2, 0.25) is 0 Å². The fourth-order valence-corrected chi connectivity index (χ4v) is 2.95. The molecule has 0 aliphatic rings. The molecule has 0 aliphatic carbocycles. The second-order valence-electron chi connectivity index (χ2n) is 6.12. The van der Waals surface area contributed by atoms with Crippen LogP contribution < -0.4 is 14.9 Å². The number of nitrogens with one attached hydrogen (secondary N) is 1. The van der Waals surface area contributed by atoms with E-state index in [1.54, 1.807) is 6.21 Å². The lowest BCUT2D eigenvalue weighted by atomic mass is 10.1. The van der Waals surface area contributed by atoms with Gasteiger partial charge in [-0.1, -0.05) is 53.2 Å². The molecule has 5 nitrogen and oxygen atoms in total. The fourth-order valence-electron chi connectivity index (χ4n) is 2.58. The van der Waals surface area contributed by atoms with Gasteiger partial charge in [0.25, 0.3) is 5.91 Å². The molecule has 0 aliphatic heterocycles. The van der Waals surface area contributed by atoms with E-state index in [9.17, 15) is 4.79 Å². The third-order valence-corrected chi connectivity index (χ3v) is 4.41. The smallest absolute Gasteiger partial charge is 0.277 e. The summed E-state index contributed by atoms with van der Waals surface area (Å²) in [7, 11) is 0. The van der Waals surface area contributed by atoms with Crippen LogP contribution in [0.3, 0.4) is 0 Å². The third-order valence-electron chi connectivity index (χ3n) is 3.92. The molecule has 1 N–H and O–H groups in total. The molecule has 0 saturated heterocycles. The average molecular weight is 441 g/mol. The van der Waals surface area contributed by atoms with Crippen molar-refractivity contribution in [2.75, 3.05) is 13.2 Å². The summed E-state index contributed by atoms with van der Waals surface area (Å²) in [5.41, 5.74) is 3.25. The molecule has 0 saturated carbocycles. The van der Waals surface area contributed by atoms with E-state index in [1.165, 1.54) is 0 Å². The van der Waals surface area contributed by atoms with Crippen LogP contribution in [0.15, 0.2) is 70.2 Å². The van der Waals surface area contributed by atoms with E-state index in [4.69, 9.17) is 9.47 Å². The van der Waals surface area contributed by atoms with Crippen molar-refractivity contribution in [3.05, 3.63) is 70.7 Å². The maximum absolute atomic E-state index is 12.0. The largest absolute Gasteiger partial charge is 0.493 e. The minimum atomic E-state index is -0.338. The van der Waals surface area contributed by atoms with Gasteiger partial charge in [-0.25, -0.2) is 5.43 Å². The number of hydrazone groups is 1. The number of hydrogen-bond donors (Lipinski definition) is 1. The molecule has 0 unspecified atom stereocenters. The molecule has 28 heavy (non-hydrogen) atoms. The van der Waals surface area contributed by atoms with E-state index in [0.29, 0.717) is 12.4 Å². The second kappa shape index (κ2) is 9.90. The van der Waals surface area contributed by atoms with E-state index >= 15 is 0 Å². The maximum Gasteiger partial charge on any atom is 0.277 e. The number of carbonyl (C=O) groups excluding carboxylic acids is 1. The first-order valence-electron chi connectivity index (χ1n) is 9.01. The van der Waals surface area contributed by atoms with Gasteiger partial charge in [-0.05, 0) is 47.5 Å². The van der Waals surface area contributed by atoms with Crippen LogP contribution in [0, 0.1) is 0 Å². The van der Waals surface area contributed by atoms with Crippen molar-refractivity contribution in [3.8, 4) is 11.5 Å². The van der Waals surface area contributed by atoms with Gasteiger partial charge in [0.05, 0.1) is 12.8 Å². The summed E-state index contributed by atoms with van der Waals surface area (Å²) in [5, 5.41) is 6.19. The molecule has 3 aromatic rings. The van der Waals surface area contributed by atoms with E-state index in [0.717, 1.165) is 33.0 Å². The molecule has 6 heteroatoms. The highest BCUT2D eigenvalue weighted by atomic mass is 79.9. The van der Waals surface area contributed by atoms with Gasteiger partial charge >= 0.3 is 0 Å². The number of benzene rings is 3. The summed E-state index contributed by atoms with van der Waals surface area (Å²) in [4.78, 5) is 12.0. The molecule has 144 valence electrons. The van der Waals surface area contributed by atoms with Crippen molar-refractivity contribution in [2.45, 2.75) is 13.3 Å². The predicted octanol–water partition coefficient (Wildman–Crippen LogP) is 4.92. The number of halogens is 1. The first kappa shape index (κ1) is 19.9. The molecule has 0 fully saturated rings. The van der Waals surface area contributed by atoms with Crippen LogP contribution >= 0.6 is 15.9 Å². The molecular weight excluding hydrogens is 420 g/mol. The highest BCUT2D eigenvalue weighted by Gasteiger charge is 2.05. The van der Waals surface area contributed by atoms with Crippen LogP contribution in [-0.2, 0) is 4.79 Å². The van der Waals surface area contributed by atoms with E-state index in [1.807, 2.05) is 67.6 Å². The van der Waals surface area contributed by atoms with Crippen molar-refractivity contribution in [3.63, 3.8) is 0 Å². The van der Waals surface area contributed by atoms with Crippen LogP contribution in [0.25, 0.3) is 10.8 Å². The fraction of sp³-hybridized carbons (Fsp3) is 0.182. The lowest BCUT2D eigenvalue weighted by Gasteiger charge is -2.08. The average Bonchev–Trinajstić information content (AvgIpc) is 2.71. The molecule has 0 aromatic heterocycles. The van der Waals surface area contributed by atoms with Gasteiger partial charge in [0.15, 0.2) is 6.61 Å². The molecule has 1 amide bonds. The van der Waals surface area contributed by atoms with Gasteiger partial charge in [0, 0.05) is 10.0 Å². The van der Waals surface area contributed by atoms with Gasteiger partial charge in [-0.15, -0.1) is 0 Å². The molecule has 0 spiro atoms. The molecule has 0 heterocycles. The Morgan fingerprint density at radius 2 is 1.89 bits per heavy atom. The van der Waals surface area contributed by atoms with Gasteiger partial charge < -0.3 is 9.47 Å². The topological polar surface area (TPSA) is 59.9 Å². The summed E-state index contributed by atoms with van der Waals surface area (Å²) < 4.78 is 12.2. The van der Waals surface area contributed by atoms with Crippen molar-refractivity contribution >= 4 is 38.8 Å². The van der Waals surface area contributed by atoms with E-state index in [-0.39, 0.29) is 12.5 Å². The molecule has 3 aromatic carbocycles. The van der Waals surface area contributed by atoms with Crippen molar-refractivity contribution in [2.24, 2.45) is 5.10 Å². The Labute approximate surface area is 172 Å². The number of rotatable bonds is 8. The predicted molar refractivity (Wildman–Crippen MR) is 115 cm³/mol. The molecule has 0 radical (unpaired) electrons. The van der Waals surface area contributed by atoms with Crippen LogP contribution in [0.5, 0.6) is 11.5 Å². The first-order valence-corrected chi connectivity index (χ1v) is 9.81. The second-order valence-corrected chi connectivity index (χ2v) is 7.04. The number of fused-ring (bicyclic) bond motifs is 1. The third kappa shape index (κ3) is 5.57. The van der Waals surface area contributed by atoms with Crippen molar-refractivity contribution < 1.29 is 14.3 Å². The zero-order valence-electron chi connectivity index (χ0n) is 15.5. The zero-order valence-corrected chi connectivity index (χ0v) is 17.1. The summed E-state index contributed by atoms with van der Waals surface area (Å²) in [6, 6.07) is 19.3. The number of hydrogen-bond acceptors (Lipinski definition) is 4. The van der Waals surface area contributed by atoms with Crippen LogP contribution in [0.1, 0.15) is 18.9 Å². The highest BCUT2D eigenvalue weighted by molar-refractivity contribution is 9.10. The van der Waals surface area contributed by atoms with Crippen LogP contribution in [0.4, 0.5) is 0 Å². The Bertz CT molecular complexity index is 988. The summed E-state index contributed by atoms with van der Waals surface area (Å²) >= 11 is 3.43. The minimum absolute atomic E-state index is 0.118. The van der Waals surface area contributed by atoms with E-state index < -0.39 is 0 Å². The number of nitrogens with zero attached hydrogens (tertiary/aromatic N) is 1.